The summed E-state index contributed by atoms with van der Waals surface area (Å²) in [6.07, 6.45) is 3.58. The summed E-state index contributed by atoms with van der Waals surface area (Å²) in [5.74, 6) is -0.176. The SMILES string of the molecule is CCOC(=O)c1cnc(C2=CCCN(C(=O)OC(C)(C)C)C2)o1. The standard InChI is InChI=1S/C16H22N2O5/c1-5-21-14(19)12-9-17-13(22-12)11-7-6-8-18(10-11)15(20)23-16(2,3)4/h7,9H,5-6,8,10H2,1-4H3. The Kier molecular flexibility index (Phi) is 5.08. The summed E-state index contributed by atoms with van der Waals surface area (Å²) in [5.41, 5.74) is 0.205. The molecule has 2 rings (SSSR count). The molecule has 0 radical (unpaired) electrons. The van der Waals surface area contributed by atoms with Crippen LogP contribution < -0.4 is 0 Å². The molecule has 2 heterocycles. The van der Waals surface area contributed by atoms with Gasteiger partial charge in [-0.1, -0.05) is 6.08 Å². The summed E-state index contributed by atoms with van der Waals surface area (Å²) in [6, 6.07) is 0. The first-order chi connectivity index (χ1) is 10.8. The van der Waals surface area contributed by atoms with Gasteiger partial charge in [-0.25, -0.2) is 14.6 Å². The van der Waals surface area contributed by atoms with E-state index in [2.05, 4.69) is 4.98 Å². The summed E-state index contributed by atoms with van der Waals surface area (Å²) < 4.78 is 15.7. The lowest BCUT2D eigenvalue weighted by Gasteiger charge is -2.29. The summed E-state index contributed by atoms with van der Waals surface area (Å²) in [5, 5.41) is 0. The first-order valence-electron chi connectivity index (χ1n) is 7.60. The van der Waals surface area contributed by atoms with Gasteiger partial charge in [-0.15, -0.1) is 0 Å². The molecule has 0 saturated heterocycles. The van der Waals surface area contributed by atoms with E-state index in [4.69, 9.17) is 13.9 Å². The lowest BCUT2D eigenvalue weighted by atomic mass is 10.1. The Labute approximate surface area is 135 Å². The normalized spacial score (nSPS) is 15.1. The molecule has 0 bridgehead atoms. The number of aromatic nitrogens is 1. The first kappa shape index (κ1) is 17.1. The van der Waals surface area contributed by atoms with Crippen molar-refractivity contribution in [1.29, 1.82) is 0 Å². The third-order valence-corrected chi connectivity index (χ3v) is 3.06. The average Bonchev–Trinajstić information content (AvgIpc) is 2.96. The van der Waals surface area contributed by atoms with Gasteiger partial charge in [0.05, 0.1) is 19.3 Å². The van der Waals surface area contributed by atoms with Crippen LogP contribution >= 0.6 is 0 Å². The molecule has 0 unspecified atom stereocenters. The van der Waals surface area contributed by atoms with Crippen molar-refractivity contribution in [3.05, 3.63) is 23.9 Å². The number of hydrogen-bond acceptors (Lipinski definition) is 6. The number of hydrogen-bond donors (Lipinski definition) is 0. The van der Waals surface area contributed by atoms with Crippen LogP contribution in [0.3, 0.4) is 0 Å². The minimum atomic E-state index is -0.549. The molecule has 0 aliphatic carbocycles. The van der Waals surface area contributed by atoms with Crippen molar-refractivity contribution in [1.82, 2.24) is 9.88 Å². The van der Waals surface area contributed by atoms with Crippen molar-refractivity contribution in [3.63, 3.8) is 0 Å². The van der Waals surface area contributed by atoms with Gasteiger partial charge in [0, 0.05) is 12.1 Å². The third-order valence-electron chi connectivity index (χ3n) is 3.06. The molecule has 7 heteroatoms. The second-order valence-corrected chi connectivity index (χ2v) is 6.17. The van der Waals surface area contributed by atoms with Gasteiger partial charge >= 0.3 is 12.1 Å². The Morgan fingerprint density at radius 3 is 2.78 bits per heavy atom. The van der Waals surface area contributed by atoms with Gasteiger partial charge in [0.2, 0.25) is 11.7 Å². The zero-order chi connectivity index (χ0) is 17.0. The Hall–Kier alpha value is -2.31. The maximum Gasteiger partial charge on any atom is 0.410 e. The fourth-order valence-electron chi connectivity index (χ4n) is 2.10. The predicted octanol–water partition coefficient (Wildman–Crippen LogP) is 2.88. The maximum atomic E-state index is 12.1. The van der Waals surface area contributed by atoms with Crippen LogP contribution in [0.25, 0.3) is 5.57 Å². The van der Waals surface area contributed by atoms with E-state index in [1.54, 1.807) is 11.8 Å². The van der Waals surface area contributed by atoms with E-state index in [9.17, 15) is 9.59 Å². The van der Waals surface area contributed by atoms with Crippen LogP contribution in [-0.2, 0) is 9.47 Å². The fourth-order valence-corrected chi connectivity index (χ4v) is 2.10. The van der Waals surface area contributed by atoms with Crippen molar-refractivity contribution >= 4 is 17.6 Å². The first-order valence-corrected chi connectivity index (χ1v) is 7.60. The molecule has 0 spiro atoms. The molecular weight excluding hydrogens is 300 g/mol. The molecule has 23 heavy (non-hydrogen) atoms. The highest BCUT2D eigenvalue weighted by Gasteiger charge is 2.26. The van der Waals surface area contributed by atoms with Crippen molar-refractivity contribution < 1.29 is 23.5 Å². The van der Waals surface area contributed by atoms with Gasteiger partial charge in [-0.3, -0.25) is 0 Å². The van der Waals surface area contributed by atoms with Crippen LogP contribution in [-0.4, -0.2) is 47.2 Å². The van der Waals surface area contributed by atoms with Crippen molar-refractivity contribution in [3.8, 4) is 0 Å². The lowest BCUT2D eigenvalue weighted by Crippen LogP contribution is -2.39. The topological polar surface area (TPSA) is 81.9 Å². The van der Waals surface area contributed by atoms with Crippen molar-refractivity contribution in [2.24, 2.45) is 0 Å². The summed E-state index contributed by atoms with van der Waals surface area (Å²) in [4.78, 5) is 29.4. The number of carbonyl (C=O) groups excluding carboxylic acids is 2. The van der Waals surface area contributed by atoms with E-state index >= 15 is 0 Å². The number of nitrogens with zero attached hydrogens (tertiary/aromatic N) is 2. The second-order valence-electron chi connectivity index (χ2n) is 6.17. The highest BCUT2D eigenvalue weighted by molar-refractivity contribution is 5.86. The van der Waals surface area contributed by atoms with Crippen molar-refractivity contribution in [2.75, 3.05) is 19.7 Å². The van der Waals surface area contributed by atoms with Gasteiger partial charge in [0.25, 0.3) is 0 Å². The molecule has 0 atom stereocenters. The van der Waals surface area contributed by atoms with Gasteiger partial charge in [-0.05, 0) is 34.1 Å². The third kappa shape index (κ3) is 4.58. The number of oxazole rings is 1. The average molecular weight is 322 g/mol. The molecule has 0 N–H and O–H groups in total. The molecular formula is C16H22N2O5. The number of amides is 1. The van der Waals surface area contributed by atoms with Crippen LogP contribution in [0.1, 0.15) is 50.6 Å². The molecule has 1 aromatic heterocycles. The van der Waals surface area contributed by atoms with Gasteiger partial charge in [0.15, 0.2) is 0 Å². The van der Waals surface area contributed by atoms with Gasteiger partial charge in [0.1, 0.15) is 5.60 Å². The number of rotatable bonds is 3. The van der Waals surface area contributed by atoms with Gasteiger partial charge < -0.3 is 18.8 Å². The van der Waals surface area contributed by atoms with Crippen LogP contribution in [0, 0.1) is 0 Å². The van der Waals surface area contributed by atoms with E-state index in [1.807, 2.05) is 26.8 Å². The van der Waals surface area contributed by atoms with E-state index < -0.39 is 11.6 Å². The number of esters is 1. The monoisotopic (exact) mass is 322 g/mol. The predicted molar refractivity (Wildman–Crippen MR) is 82.9 cm³/mol. The molecule has 1 aliphatic rings. The lowest BCUT2D eigenvalue weighted by molar-refractivity contribution is 0.0271. The fraction of sp³-hybridized carbons (Fsp3) is 0.562. The second kappa shape index (κ2) is 6.85. The van der Waals surface area contributed by atoms with Crippen LogP contribution in [0.4, 0.5) is 4.79 Å². The molecule has 0 fully saturated rings. The van der Waals surface area contributed by atoms with E-state index in [1.165, 1.54) is 6.20 Å². The molecule has 126 valence electrons. The zero-order valence-electron chi connectivity index (χ0n) is 13.9. The minimum absolute atomic E-state index is 0.0529. The molecule has 0 saturated carbocycles. The summed E-state index contributed by atoms with van der Waals surface area (Å²) in [6.45, 7) is 8.37. The molecule has 7 nitrogen and oxygen atoms in total. The van der Waals surface area contributed by atoms with Crippen LogP contribution in [0.2, 0.25) is 0 Å². The Morgan fingerprint density at radius 1 is 1.39 bits per heavy atom. The molecule has 0 aromatic carbocycles. The van der Waals surface area contributed by atoms with Crippen LogP contribution in [0.5, 0.6) is 0 Å². The number of carbonyl (C=O) groups is 2. The van der Waals surface area contributed by atoms with Crippen molar-refractivity contribution in [2.45, 2.75) is 39.7 Å². The maximum absolute atomic E-state index is 12.1. The number of ether oxygens (including phenoxy) is 2. The minimum Gasteiger partial charge on any atom is -0.460 e. The zero-order valence-corrected chi connectivity index (χ0v) is 13.9. The molecule has 1 aromatic rings. The quantitative estimate of drug-likeness (QED) is 0.796. The Balaban J connectivity index is 2.05. The Morgan fingerprint density at radius 2 is 2.13 bits per heavy atom. The molecule has 1 amide bonds. The largest absolute Gasteiger partial charge is 0.460 e. The summed E-state index contributed by atoms with van der Waals surface area (Å²) in [7, 11) is 0. The Bertz CT molecular complexity index is 612. The molecule has 1 aliphatic heterocycles. The van der Waals surface area contributed by atoms with E-state index in [0.717, 1.165) is 5.57 Å². The smallest absolute Gasteiger partial charge is 0.410 e. The van der Waals surface area contributed by atoms with Gasteiger partial charge in [-0.2, -0.15) is 0 Å². The van der Waals surface area contributed by atoms with E-state index in [0.29, 0.717) is 25.4 Å². The van der Waals surface area contributed by atoms with Crippen LogP contribution in [0.15, 0.2) is 16.7 Å². The highest BCUT2D eigenvalue weighted by Crippen LogP contribution is 2.22. The highest BCUT2D eigenvalue weighted by atomic mass is 16.6. The van der Waals surface area contributed by atoms with E-state index in [-0.39, 0.29) is 18.5 Å². The summed E-state index contributed by atoms with van der Waals surface area (Å²) >= 11 is 0.